The summed E-state index contributed by atoms with van der Waals surface area (Å²) in [7, 11) is 0. The average molecular weight is 252 g/mol. The molecule has 2 rings (SSSR count). The number of thiophene rings is 1. The van der Waals surface area contributed by atoms with Crippen LogP contribution in [0, 0.1) is 10.1 Å². The molecule has 0 spiro atoms. The van der Waals surface area contributed by atoms with Gasteiger partial charge in [-0.1, -0.05) is 11.3 Å². The van der Waals surface area contributed by atoms with Crippen LogP contribution >= 0.6 is 11.3 Å². The van der Waals surface area contributed by atoms with Crippen molar-refractivity contribution >= 4 is 22.2 Å². The lowest BCUT2D eigenvalue weighted by Gasteiger charge is -1.99. The van der Waals surface area contributed by atoms with Gasteiger partial charge in [-0.05, 0) is 12.5 Å². The van der Waals surface area contributed by atoms with Gasteiger partial charge >= 0.3 is 5.00 Å². The van der Waals surface area contributed by atoms with Gasteiger partial charge in [0.25, 0.3) is 0 Å². The third-order valence-corrected chi connectivity index (χ3v) is 3.19. The molecule has 0 bridgehead atoms. The Hall–Kier alpha value is -1.89. The van der Waals surface area contributed by atoms with Crippen LogP contribution in [0.2, 0.25) is 0 Å². The van der Waals surface area contributed by atoms with E-state index in [1.54, 1.807) is 11.4 Å². The van der Waals surface area contributed by atoms with E-state index in [1.165, 1.54) is 0 Å². The maximum atomic E-state index is 10.5. The van der Waals surface area contributed by atoms with E-state index in [9.17, 15) is 10.1 Å². The number of nitrogens with one attached hydrogen (secondary N) is 1. The van der Waals surface area contributed by atoms with E-state index in [1.807, 2.05) is 23.9 Å². The third-order valence-electron chi connectivity index (χ3n) is 2.26. The zero-order valence-electron chi connectivity index (χ0n) is 9.29. The summed E-state index contributed by atoms with van der Waals surface area (Å²) in [5.41, 5.74) is 0.896. The van der Waals surface area contributed by atoms with E-state index in [0.29, 0.717) is 6.54 Å². The second-order valence-electron chi connectivity index (χ2n) is 3.46. The van der Waals surface area contributed by atoms with Crippen molar-refractivity contribution in [3.8, 4) is 0 Å². The number of anilines is 1. The second-order valence-corrected chi connectivity index (χ2v) is 4.35. The average Bonchev–Trinajstić information content (AvgIpc) is 2.95. The van der Waals surface area contributed by atoms with Gasteiger partial charge in [-0.25, -0.2) is 0 Å². The van der Waals surface area contributed by atoms with Crippen molar-refractivity contribution in [3.05, 3.63) is 39.4 Å². The predicted octanol–water partition coefficient (Wildman–Crippen LogP) is 2.48. The molecule has 0 aliphatic heterocycles. The molecule has 2 aromatic heterocycles. The van der Waals surface area contributed by atoms with Crippen LogP contribution in [0.5, 0.6) is 0 Å². The van der Waals surface area contributed by atoms with Crippen molar-refractivity contribution in [1.29, 1.82) is 0 Å². The molecule has 90 valence electrons. The maximum absolute atomic E-state index is 10.5. The minimum atomic E-state index is -0.375. The minimum absolute atomic E-state index is 0.167. The topological polar surface area (TPSA) is 73.0 Å². The van der Waals surface area contributed by atoms with Crippen molar-refractivity contribution in [3.63, 3.8) is 0 Å². The number of rotatable bonds is 5. The highest BCUT2D eigenvalue weighted by Gasteiger charge is 2.09. The number of aromatic nitrogens is 2. The van der Waals surface area contributed by atoms with Gasteiger partial charge < -0.3 is 5.32 Å². The fourth-order valence-electron chi connectivity index (χ4n) is 1.38. The molecule has 0 aromatic carbocycles. The second kappa shape index (κ2) is 4.96. The highest BCUT2D eigenvalue weighted by atomic mass is 32.1. The molecular formula is C10H12N4O2S. The lowest BCUT2D eigenvalue weighted by atomic mass is 10.3. The van der Waals surface area contributed by atoms with Gasteiger partial charge in [-0.3, -0.25) is 14.8 Å². The van der Waals surface area contributed by atoms with Crippen LogP contribution in [-0.4, -0.2) is 14.7 Å². The molecule has 1 N–H and O–H groups in total. The molecule has 0 fully saturated rings. The van der Waals surface area contributed by atoms with Crippen LogP contribution in [-0.2, 0) is 13.1 Å². The Morgan fingerprint density at radius 3 is 3.06 bits per heavy atom. The lowest BCUT2D eigenvalue weighted by molar-refractivity contribution is -0.380. The van der Waals surface area contributed by atoms with Gasteiger partial charge in [-0.2, -0.15) is 5.10 Å². The van der Waals surface area contributed by atoms with Crippen molar-refractivity contribution in [2.24, 2.45) is 0 Å². The predicted molar refractivity (Wildman–Crippen MR) is 66.2 cm³/mol. The van der Waals surface area contributed by atoms with Gasteiger partial charge in [0.1, 0.15) is 5.82 Å². The van der Waals surface area contributed by atoms with Crippen molar-refractivity contribution < 1.29 is 4.92 Å². The largest absolute Gasteiger partial charge is 0.364 e. The fourth-order valence-corrected chi connectivity index (χ4v) is 2.10. The third kappa shape index (κ3) is 2.82. The molecule has 0 atom stereocenters. The first-order valence-electron chi connectivity index (χ1n) is 5.18. The minimum Gasteiger partial charge on any atom is -0.364 e. The number of nitrogens with zero attached hydrogens (tertiary/aromatic N) is 3. The van der Waals surface area contributed by atoms with Crippen LogP contribution in [0.3, 0.4) is 0 Å². The Morgan fingerprint density at radius 2 is 2.47 bits per heavy atom. The van der Waals surface area contributed by atoms with Crippen LogP contribution in [0.15, 0.2) is 23.7 Å². The molecule has 0 saturated heterocycles. The van der Waals surface area contributed by atoms with E-state index < -0.39 is 0 Å². The molecule has 0 aliphatic carbocycles. The quantitative estimate of drug-likeness (QED) is 0.655. The molecule has 0 amide bonds. The standard InChI is InChI=1S/C10H12N4O2S/c1-2-13-4-3-9(12-13)11-6-8-5-10(14(15)16)17-7-8/h3-5,7H,2,6H2,1H3,(H,11,12). The number of aryl methyl sites for hydroxylation is 1. The summed E-state index contributed by atoms with van der Waals surface area (Å²) < 4.78 is 1.82. The SMILES string of the molecule is CCn1ccc(NCc2csc([N+](=O)[O-])c2)n1. The van der Waals surface area contributed by atoms with Gasteiger partial charge in [0.05, 0.1) is 4.92 Å². The van der Waals surface area contributed by atoms with Crippen LogP contribution in [0.1, 0.15) is 12.5 Å². The Balaban J connectivity index is 1.94. The van der Waals surface area contributed by atoms with Crippen LogP contribution in [0.25, 0.3) is 0 Å². The molecule has 0 radical (unpaired) electrons. The Morgan fingerprint density at radius 1 is 1.65 bits per heavy atom. The van der Waals surface area contributed by atoms with E-state index in [0.717, 1.165) is 29.3 Å². The van der Waals surface area contributed by atoms with E-state index in [2.05, 4.69) is 10.4 Å². The number of nitro groups is 1. The molecule has 2 heterocycles. The normalized spacial score (nSPS) is 10.4. The smallest absolute Gasteiger partial charge is 0.324 e. The zero-order chi connectivity index (χ0) is 12.3. The fraction of sp³-hybridized carbons (Fsp3) is 0.300. The molecule has 17 heavy (non-hydrogen) atoms. The summed E-state index contributed by atoms with van der Waals surface area (Å²) in [5, 5.41) is 19.8. The first-order chi connectivity index (χ1) is 8.19. The van der Waals surface area contributed by atoms with E-state index in [-0.39, 0.29) is 9.92 Å². The van der Waals surface area contributed by atoms with E-state index >= 15 is 0 Å². The summed E-state index contributed by atoms with van der Waals surface area (Å²) in [4.78, 5) is 10.1. The first kappa shape index (κ1) is 11.6. The highest BCUT2D eigenvalue weighted by molar-refractivity contribution is 7.13. The van der Waals surface area contributed by atoms with Crippen molar-refractivity contribution in [2.75, 3.05) is 5.32 Å². The van der Waals surface area contributed by atoms with Crippen molar-refractivity contribution in [2.45, 2.75) is 20.0 Å². The van der Waals surface area contributed by atoms with Gasteiger partial charge in [0, 0.05) is 36.8 Å². The van der Waals surface area contributed by atoms with Gasteiger partial charge in [-0.15, -0.1) is 0 Å². The van der Waals surface area contributed by atoms with Gasteiger partial charge in [0.2, 0.25) is 0 Å². The zero-order valence-corrected chi connectivity index (χ0v) is 10.1. The molecule has 0 aliphatic rings. The van der Waals surface area contributed by atoms with Crippen LogP contribution < -0.4 is 5.32 Å². The Labute approximate surface area is 102 Å². The summed E-state index contributed by atoms with van der Waals surface area (Å²) in [6.45, 7) is 3.38. The van der Waals surface area contributed by atoms with Gasteiger partial charge in [0.15, 0.2) is 0 Å². The summed E-state index contributed by atoms with van der Waals surface area (Å²) in [6.07, 6.45) is 1.89. The Kier molecular flexibility index (Phi) is 3.38. The number of hydrogen-bond acceptors (Lipinski definition) is 5. The summed E-state index contributed by atoms with van der Waals surface area (Å²) in [6, 6.07) is 3.46. The maximum Gasteiger partial charge on any atom is 0.324 e. The molecule has 0 saturated carbocycles. The number of hydrogen-bond donors (Lipinski definition) is 1. The summed E-state index contributed by atoms with van der Waals surface area (Å²) in [5.74, 6) is 0.778. The molecular weight excluding hydrogens is 240 g/mol. The summed E-state index contributed by atoms with van der Waals surface area (Å²) >= 11 is 1.14. The van der Waals surface area contributed by atoms with E-state index in [4.69, 9.17) is 0 Å². The molecule has 7 heteroatoms. The Bertz CT molecular complexity index is 520. The monoisotopic (exact) mass is 252 g/mol. The lowest BCUT2D eigenvalue weighted by Crippen LogP contribution is -2.00. The first-order valence-corrected chi connectivity index (χ1v) is 6.06. The highest BCUT2D eigenvalue weighted by Crippen LogP contribution is 2.22. The molecule has 0 unspecified atom stereocenters. The van der Waals surface area contributed by atoms with Crippen LogP contribution in [0.4, 0.5) is 10.8 Å². The molecule has 2 aromatic rings. The van der Waals surface area contributed by atoms with Crippen molar-refractivity contribution in [1.82, 2.24) is 9.78 Å². The molecule has 6 nitrogen and oxygen atoms in total.